The Bertz CT molecular complexity index is 888. The first-order chi connectivity index (χ1) is 14.4. The lowest BCUT2D eigenvalue weighted by Gasteiger charge is -2.41. The Morgan fingerprint density at radius 2 is 1.61 bits per heavy atom. The molecule has 2 aliphatic heterocycles. The summed E-state index contributed by atoms with van der Waals surface area (Å²) in [5.74, 6) is -6.30. The molecule has 2 unspecified atom stereocenters. The van der Waals surface area contributed by atoms with Crippen molar-refractivity contribution in [3.05, 3.63) is 35.1 Å². The van der Waals surface area contributed by atoms with Crippen molar-refractivity contribution in [3.8, 4) is 0 Å². The molecule has 2 heterocycles. The van der Waals surface area contributed by atoms with Gasteiger partial charge >= 0.3 is 12.1 Å². The summed E-state index contributed by atoms with van der Waals surface area (Å²) in [6.07, 6.45) is 0.809. The van der Waals surface area contributed by atoms with Crippen LogP contribution in [0.25, 0.3) is 0 Å². The van der Waals surface area contributed by atoms with Crippen LogP contribution >= 0.6 is 0 Å². The zero-order valence-electron chi connectivity index (χ0n) is 17.5. The van der Waals surface area contributed by atoms with Gasteiger partial charge in [-0.15, -0.1) is 0 Å². The number of hydrogen-bond donors (Lipinski definition) is 2. The molecule has 7 nitrogen and oxygen atoms in total. The molecule has 3 rings (SSSR count). The summed E-state index contributed by atoms with van der Waals surface area (Å²) in [7, 11) is 0. The maximum Gasteiger partial charge on any atom is 0.408 e. The number of alkyl carbamates (subject to hydrolysis) is 1. The van der Waals surface area contributed by atoms with E-state index >= 15 is 0 Å². The van der Waals surface area contributed by atoms with E-state index in [0.717, 1.165) is 0 Å². The van der Waals surface area contributed by atoms with Crippen LogP contribution in [0.5, 0.6) is 0 Å². The van der Waals surface area contributed by atoms with Crippen LogP contribution in [0.2, 0.25) is 0 Å². The molecule has 0 aliphatic carbocycles. The standard InChI is InChI=1S/C21H25F3N2O5/c1-21(2,3)31-20(30)25-17(19(28)29)10-6-11-4-5-12(7-10)26(11)18(27)13-8-15(23)16(24)9-14(13)22/h8-12,17H,4-7H2,1-3H3,(H,25,30)(H,28,29)/t10?,11?,12?,17-/m0/s1. The molecule has 0 radical (unpaired) electrons. The number of hydrogen-bond acceptors (Lipinski definition) is 4. The number of carbonyl (C=O) groups excluding carboxylic acids is 2. The highest BCUT2D eigenvalue weighted by Crippen LogP contribution is 2.41. The Balaban J connectivity index is 1.75. The lowest BCUT2D eigenvalue weighted by Crippen LogP contribution is -2.54. The molecule has 10 heteroatoms. The lowest BCUT2D eigenvalue weighted by atomic mass is 9.84. The third kappa shape index (κ3) is 4.94. The molecule has 0 saturated carbocycles. The van der Waals surface area contributed by atoms with Gasteiger partial charge < -0.3 is 20.1 Å². The van der Waals surface area contributed by atoms with Gasteiger partial charge in [0.2, 0.25) is 0 Å². The number of nitrogens with zero attached hydrogens (tertiary/aromatic N) is 1. The van der Waals surface area contributed by atoms with Crippen molar-refractivity contribution >= 4 is 18.0 Å². The third-order valence-electron chi connectivity index (χ3n) is 5.65. The maximum atomic E-state index is 14.1. The van der Waals surface area contributed by atoms with Gasteiger partial charge in [-0.2, -0.15) is 0 Å². The monoisotopic (exact) mass is 442 g/mol. The van der Waals surface area contributed by atoms with Crippen LogP contribution in [0.4, 0.5) is 18.0 Å². The first kappa shape index (κ1) is 22.9. The first-order valence-corrected chi connectivity index (χ1v) is 10.1. The molecule has 2 bridgehead atoms. The average Bonchev–Trinajstić information content (AvgIpc) is 2.90. The van der Waals surface area contributed by atoms with Gasteiger partial charge in [0.25, 0.3) is 5.91 Å². The highest BCUT2D eigenvalue weighted by molar-refractivity contribution is 5.95. The summed E-state index contributed by atoms with van der Waals surface area (Å²) < 4.78 is 46.0. The van der Waals surface area contributed by atoms with E-state index in [1.807, 2.05) is 0 Å². The lowest BCUT2D eigenvalue weighted by molar-refractivity contribution is -0.141. The topological polar surface area (TPSA) is 95.9 Å². The molecule has 2 saturated heterocycles. The largest absolute Gasteiger partial charge is 0.480 e. The number of carbonyl (C=O) groups is 3. The van der Waals surface area contributed by atoms with Crippen molar-refractivity contribution in [2.75, 3.05) is 0 Å². The second-order valence-corrected chi connectivity index (χ2v) is 9.04. The zero-order valence-corrected chi connectivity index (χ0v) is 17.5. The van der Waals surface area contributed by atoms with Crippen LogP contribution in [-0.4, -0.2) is 51.7 Å². The SMILES string of the molecule is CC(C)(C)OC(=O)N[C@H](C(=O)O)C1CC2CCC(C1)N2C(=O)c1cc(F)c(F)cc1F. The fourth-order valence-corrected chi connectivity index (χ4v) is 4.46. The summed E-state index contributed by atoms with van der Waals surface area (Å²) in [6.45, 7) is 4.97. The molecule has 0 aromatic heterocycles. The molecule has 2 N–H and O–H groups in total. The predicted molar refractivity (Wildman–Crippen MR) is 103 cm³/mol. The van der Waals surface area contributed by atoms with Crippen LogP contribution in [0.15, 0.2) is 12.1 Å². The van der Waals surface area contributed by atoms with E-state index < -0.39 is 70.6 Å². The number of fused-ring (bicyclic) bond motifs is 2. The normalized spacial score (nSPS) is 23.9. The van der Waals surface area contributed by atoms with E-state index in [-0.39, 0.29) is 12.8 Å². The number of nitrogens with one attached hydrogen (secondary N) is 1. The van der Waals surface area contributed by atoms with Gasteiger partial charge in [-0.3, -0.25) is 4.79 Å². The zero-order chi connectivity index (χ0) is 23.1. The molecule has 31 heavy (non-hydrogen) atoms. The number of aliphatic carboxylic acids is 1. The van der Waals surface area contributed by atoms with Crippen molar-refractivity contribution in [1.82, 2.24) is 10.2 Å². The van der Waals surface area contributed by atoms with E-state index in [1.54, 1.807) is 20.8 Å². The van der Waals surface area contributed by atoms with Crippen LogP contribution in [0, 0.1) is 23.4 Å². The molecule has 1 aromatic rings. The molecular weight excluding hydrogens is 417 g/mol. The summed E-state index contributed by atoms with van der Waals surface area (Å²) in [4.78, 5) is 38.2. The van der Waals surface area contributed by atoms with E-state index in [0.29, 0.717) is 25.0 Å². The van der Waals surface area contributed by atoms with Crippen molar-refractivity contribution in [2.24, 2.45) is 5.92 Å². The Hall–Kier alpha value is -2.78. The number of amides is 2. The van der Waals surface area contributed by atoms with Gasteiger partial charge in [0.15, 0.2) is 11.6 Å². The van der Waals surface area contributed by atoms with Crippen molar-refractivity contribution in [2.45, 2.75) is 70.2 Å². The number of piperidine rings is 1. The van der Waals surface area contributed by atoms with Crippen LogP contribution in [0.3, 0.4) is 0 Å². The quantitative estimate of drug-likeness (QED) is 0.697. The first-order valence-electron chi connectivity index (χ1n) is 10.1. The van der Waals surface area contributed by atoms with Gasteiger partial charge in [-0.05, 0) is 58.4 Å². The highest BCUT2D eigenvalue weighted by Gasteiger charge is 2.47. The number of carboxylic acid groups (broad SMARTS) is 1. The van der Waals surface area contributed by atoms with Gasteiger partial charge in [-0.25, -0.2) is 22.8 Å². The second kappa shape index (κ2) is 8.39. The smallest absolute Gasteiger partial charge is 0.408 e. The fraction of sp³-hybridized carbons (Fsp3) is 0.571. The Kier molecular flexibility index (Phi) is 6.20. The summed E-state index contributed by atoms with van der Waals surface area (Å²) >= 11 is 0. The molecule has 170 valence electrons. The van der Waals surface area contributed by atoms with E-state index in [4.69, 9.17) is 4.74 Å². The number of carboxylic acids is 1. The molecule has 3 atom stereocenters. The Morgan fingerprint density at radius 1 is 1.06 bits per heavy atom. The van der Waals surface area contributed by atoms with Crippen LogP contribution in [0.1, 0.15) is 56.8 Å². The third-order valence-corrected chi connectivity index (χ3v) is 5.65. The molecule has 2 fully saturated rings. The second-order valence-electron chi connectivity index (χ2n) is 9.04. The van der Waals surface area contributed by atoms with Gasteiger partial charge in [0, 0.05) is 18.2 Å². The molecule has 1 aromatic carbocycles. The minimum Gasteiger partial charge on any atom is -0.480 e. The van der Waals surface area contributed by atoms with Gasteiger partial charge in [0.1, 0.15) is 17.5 Å². The number of halogens is 3. The summed E-state index contributed by atoms with van der Waals surface area (Å²) in [5.41, 5.74) is -1.35. The molecular formula is C21H25F3N2O5. The fourth-order valence-electron chi connectivity index (χ4n) is 4.46. The minimum absolute atomic E-state index is 0.264. The number of benzene rings is 1. The summed E-state index contributed by atoms with van der Waals surface area (Å²) in [5, 5.41) is 12.0. The van der Waals surface area contributed by atoms with Crippen molar-refractivity contribution in [1.29, 1.82) is 0 Å². The van der Waals surface area contributed by atoms with E-state index in [2.05, 4.69) is 5.32 Å². The van der Waals surface area contributed by atoms with Crippen LogP contribution in [-0.2, 0) is 9.53 Å². The van der Waals surface area contributed by atoms with E-state index in [9.17, 15) is 32.7 Å². The summed E-state index contributed by atoms with van der Waals surface area (Å²) in [6, 6.07) is -1.13. The van der Waals surface area contributed by atoms with Gasteiger partial charge in [0.05, 0.1) is 5.56 Å². The highest BCUT2D eigenvalue weighted by atomic mass is 19.2. The van der Waals surface area contributed by atoms with Crippen LogP contribution < -0.4 is 5.32 Å². The Morgan fingerprint density at radius 3 is 2.13 bits per heavy atom. The van der Waals surface area contributed by atoms with Crippen molar-refractivity contribution < 1.29 is 37.4 Å². The number of rotatable bonds is 4. The van der Waals surface area contributed by atoms with E-state index in [1.165, 1.54) is 4.90 Å². The van der Waals surface area contributed by atoms with Gasteiger partial charge in [-0.1, -0.05) is 0 Å². The minimum atomic E-state index is -1.38. The molecule has 0 spiro atoms. The maximum absolute atomic E-state index is 14.1. The average molecular weight is 442 g/mol. The Labute approximate surface area is 177 Å². The molecule has 2 amide bonds. The van der Waals surface area contributed by atoms with Crippen molar-refractivity contribution in [3.63, 3.8) is 0 Å². The number of ether oxygens (including phenoxy) is 1. The predicted octanol–water partition coefficient (Wildman–Crippen LogP) is 3.47. The molecule has 2 aliphatic rings.